The van der Waals surface area contributed by atoms with Gasteiger partial charge in [0, 0.05) is 24.1 Å². The van der Waals surface area contributed by atoms with Crippen LogP contribution in [0.25, 0.3) is 5.57 Å². The van der Waals surface area contributed by atoms with Gasteiger partial charge in [-0.05, 0) is 28.8 Å². The second-order valence-electron chi connectivity index (χ2n) is 5.44. The van der Waals surface area contributed by atoms with Crippen molar-refractivity contribution in [2.45, 2.75) is 13.0 Å². The van der Waals surface area contributed by atoms with Crippen molar-refractivity contribution < 1.29 is 14.6 Å². The molecular formula is C20H17NO3S. The Morgan fingerprint density at radius 1 is 1.08 bits per heavy atom. The van der Waals surface area contributed by atoms with Crippen molar-refractivity contribution in [3.05, 3.63) is 88.4 Å². The molecule has 0 saturated heterocycles. The Morgan fingerprint density at radius 3 is 2.48 bits per heavy atom. The normalized spacial score (nSPS) is 11.3. The van der Waals surface area contributed by atoms with Gasteiger partial charge < -0.3 is 9.84 Å². The minimum atomic E-state index is -0.965. The van der Waals surface area contributed by atoms with E-state index >= 15 is 0 Å². The Labute approximate surface area is 150 Å². The number of rotatable bonds is 7. The molecule has 0 aliphatic rings. The first kappa shape index (κ1) is 16.9. The van der Waals surface area contributed by atoms with E-state index in [0.29, 0.717) is 18.6 Å². The number of aliphatic carboxylic acids is 1. The topological polar surface area (TPSA) is 59.4 Å². The van der Waals surface area contributed by atoms with E-state index in [0.717, 1.165) is 21.9 Å². The summed E-state index contributed by atoms with van der Waals surface area (Å²) in [6, 6.07) is 17.7. The number of carbonyl (C=O) groups is 1. The first-order chi connectivity index (χ1) is 12.2. The quantitative estimate of drug-likeness (QED) is 0.640. The summed E-state index contributed by atoms with van der Waals surface area (Å²) in [5, 5.41) is 11.6. The first-order valence-electron chi connectivity index (χ1n) is 7.80. The van der Waals surface area contributed by atoms with E-state index in [-0.39, 0.29) is 0 Å². The van der Waals surface area contributed by atoms with Crippen molar-refractivity contribution in [2.75, 3.05) is 0 Å². The monoisotopic (exact) mass is 351 g/mol. The summed E-state index contributed by atoms with van der Waals surface area (Å²) in [6.45, 7) is 0.517. The van der Waals surface area contributed by atoms with E-state index in [1.165, 1.54) is 17.4 Å². The fourth-order valence-corrected chi connectivity index (χ4v) is 3.04. The average Bonchev–Trinajstić information content (AvgIpc) is 3.16. The lowest BCUT2D eigenvalue weighted by molar-refractivity contribution is -0.131. The number of allylic oxidation sites excluding steroid dienone is 1. The Hall–Kier alpha value is -2.92. The summed E-state index contributed by atoms with van der Waals surface area (Å²) in [5.74, 6) is -0.182. The zero-order valence-electron chi connectivity index (χ0n) is 13.5. The van der Waals surface area contributed by atoms with E-state index in [1.54, 1.807) is 6.20 Å². The molecule has 0 aliphatic carbocycles. The number of thiazole rings is 1. The van der Waals surface area contributed by atoms with Gasteiger partial charge in [0.05, 0.1) is 0 Å². The Morgan fingerprint density at radius 2 is 1.84 bits per heavy atom. The summed E-state index contributed by atoms with van der Waals surface area (Å²) >= 11 is 1.43. The average molecular weight is 351 g/mol. The fraction of sp³-hybridized carbons (Fsp3) is 0.100. The molecule has 0 fully saturated rings. The van der Waals surface area contributed by atoms with Crippen LogP contribution < -0.4 is 4.74 Å². The van der Waals surface area contributed by atoms with Gasteiger partial charge in [-0.2, -0.15) is 0 Å². The van der Waals surface area contributed by atoms with Gasteiger partial charge in [0.15, 0.2) is 0 Å². The number of hydrogen-bond acceptors (Lipinski definition) is 4. The van der Waals surface area contributed by atoms with Gasteiger partial charge in [0.2, 0.25) is 0 Å². The van der Waals surface area contributed by atoms with Crippen LogP contribution in [-0.2, 0) is 17.8 Å². The van der Waals surface area contributed by atoms with Gasteiger partial charge in [-0.1, -0.05) is 42.5 Å². The number of benzene rings is 2. The van der Waals surface area contributed by atoms with E-state index in [4.69, 9.17) is 9.84 Å². The Kier molecular flexibility index (Phi) is 5.59. The van der Waals surface area contributed by atoms with E-state index in [1.807, 2.05) is 60.0 Å². The molecule has 3 rings (SSSR count). The molecule has 0 unspecified atom stereocenters. The van der Waals surface area contributed by atoms with Crippen molar-refractivity contribution in [1.82, 2.24) is 4.98 Å². The molecule has 1 N–H and O–H groups in total. The summed E-state index contributed by atoms with van der Waals surface area (Å²) in [4.78, 5) is 15.3. The highest BCUT2D eigenvalue weighted by atomic mass is 32.1. The lowest BCUT2D eigenvalue weighted by atomic mass is 10.1. The molecule has 0 atom stereocenters. The third-order valence-corrected chi connectivity index (χ3v) is 4.42. The molecule has 2 aromatic carbocycles. The van der Waals surface area contributed by atoms with Gasteiger partial charge in [-0.25, -0.2) is 9.78 Å². The third-order valence-electron chi connectivity index (χ3n) is 3.57. The minimum absolute atomic E-state index is 0.513. The van der Waals surface area contributed by atoms with Crippen molar-refractivity contribution in [3.8, 4) is 5.75 Å². The van der Waals surface area contributed by atoms with Crippen LogP contribution in [-0.4, -0.2) is 16.1 Å². The molecule has 0 amide bonds. The molecule has 126 valence electrons. The molecule has 0 bridgehead atoms. The standard InChI is InChI=1S/C20H17NO3S/c22-19(23)13-17(20-21-10-11-25-20)12-15-6-8-18(9-7-15)24-14-16-4-2-1-3-5-16/h1-11,13H,12,14H2,(H,22,23). The highest BCUT2D eigenvalue weighted by molar-refractivity contribution is 7.10. The van der Waals surface area contributed by atoms with Crippen molar-refractivity contribution >= 4 is 22.9 Å². The molecule has 0 saturated carbocycles. The molecule has 0 spiro atoms. The minimum Gasteiger partial charge on any atom is -0.489 e. The number of carboxylic acids is 1. The van der Waals surface area contributed by atoms with Crippen LogP contribution in [0.1, 0.15) is 16.1 Å². The predicted molar refractivity (Wildman–Crippen MR) is 98.6 cm³/mol. The second-order valence-corrected chi connectivity index (χ2v) is 6.33. The van der Waals surface area contributed by atoms with Crippen LogP contribution in [0.15, 0.2) is 72.3 Å². The summed E-state index contributed by atoms with van der Waals surface area (Å²) in [7, 11) is 0. The molecular weight excluding hydrogens is 334 g/mol. The van der Waals surface area contributed by atoms with E-state index in [9.17, 15) is 4.79 Å². The molecule has 3 aromatic rings. The lowest BCUT2D eigenvalue weighted by Crippen LogP contribution is -1.97. The lowest BCUT2D eigenvalue weighted by Gasteiger charge is -2.08. The third kappa shape index (κ3) is 5.02. The fourth-order valence-electron chi connectivity index (χ4n) is 2.38. The van der Waals surface area contributed by atoms with Crippen LogP contribution in [0.3, 0.4) is 0 Å². The second kappa shape index (κ2) is 8.26. The van der Waals surface area contributed by atoms with Crippen LogP contribution in [0.4, 0.5) is 0 Å². The molecule has 1 aromatic heterocycles. The maximum Gasteiger partial charge on any atom is 0.328 e. The SMILES string of the molecule is O=C(O)C=C(Cc1ccc(OCc2ccccc2)cc1)c1nccs1. The van der Waals surface area contributed by atoms with Gasteiger partial charge in [0.1, 0.15) is 17.4 Å². The number of hydrogen-bond donors (Lipinski definition) is 1. The number of aromatic nitrogens is 1. The zero-order chi connectivity index (χ0) is 17.5. The van der Waals surface area contributed by atoms with Crippen LogP contribution in [0.2, 0.25) is 0 Å². The number of nitrogens with zero attached hydrogens (tertiary/aromatic N) is 1. The van der Waals surface area contributed by atoms with Crippen molar-refractivity contribution in [1.29, 1.82) is 0 Å². The smallest absolute Gasteiger partial charge is 0.328 e. The predicted octanol–water partition coefficient (Wildman–Crippen LogP) is 4.43. The molecule has 1 heterocycles. The maximum atomic E-state index is 11.0. The molecule has 0 aliphatic heterocycles. The summed E-state index contributed by atoms with van der Waals surface area (Å²) in [5.41, 5.74) is 2.82. The van der Waals surface area contributed by atoms with Gasteiger partial charge in [0.25, 0.3) is 0 Å². The molecule has 25 heavy (non-hydrogen) atoms. The highest BCUT2D eigenvalue weighted by Gasteiger charge is 2.08. The Bertz CT molecular complexity index is 840. The van der Waals surface area contributed by atoms with Crippen LogP contribution >= 0.6 is 11.3 Å². The molecule has 4 nitrogen and oxygen atoms in total. The van der Waals surface area contributed by atoms with Crippen LogP contribution in [0, 0.1) is 0 Å². The van der Waals surface area contributed by atoms with Crippen molar-refractivity contribution in [2.24, 2.45) is 0 Å². The van der Waals surface area contributed by atoms with E-state index < -0.39 is 5.97 Å². The zero-order valence-corrected chi connectivity index (χ0v) is 14.3. The number of carboxylic acid groups (broad SMARTS) is 1. The summed E-state index contributed by atoms with van der Waals surface area (Å²) < 4.78 is 5.77. The van der Waals surface area contributed by atoms with Crippen molar-refractivity contribution in [3.63, 3.8) is 0 Å². The number of ether oxygens (including phenoxy) is 1. The van der Waals surface area contributed by atoms with E-state index in [2.05, 4.69) is 4.98 Å². The molecule has 5 heteroatoms. The van der Waals surface area contributed by atoms with Crippen LogP contribution in [0.5, 0.6) is 5.75 Å². The Balaban J connectivity index is 1.66. The highest BCUT2D eigenvalue weighted by Crippen LogP contribution is 2.23. The van der Waals surface area contributed by atoms with Gasteiger partial charge in [-0.3, -0.25) is 0 Å². The van der Waals surface area contributed by atoms with Gasteiger partial charge in [-0.15, -0.1) is 11.3 Å². The first-order valence-corrected chi connectivity index (χ1v) is 8.68. The molecule has 0 radical (unpaired) electrons. The summed E-state index contributed by atoms with van der Waals surface area (Å²) in [6.07, 6.45) is 3.41. The largest absolute Gasteiger partial charge is 0.489 e. The maximum absolute atomic E-state index is 11.0. The van der Waals surface area contributed by atoms with Gasteiger partial charge >= 0.3 is 5.97 Å².